The number of hydrogen-bond donors (Lipinski definition) is 2. The molecule has 0 bridgehead atoms. The quantitative estimate of drug-likeness (QED) is 0.312. The van der Waals surface area contributed by atoms with Crippen molar-refractivity contribution in [1.29, 1.82) is 0 Å². The zero-order valence-electron chi connectivity index (χ0n) is 24.1. The molecule has 1 aromatic heterocycles. The number of amides is 1. The van der Waals surface area contributed by atoms with Crippen LogP contribution >= 0.6 is 0 Å². The molecule has 6 heteroatoms. The van der Waals surface area contributed by atoms with Crippen molar-refractivity contribution in [1.82, 2.24) is 10.3 Å². The maximum Gasteiger partial charge on any atom is 0.326 e. The Labute approximate surface area is 232 Å². The van der Waals surface area contributed by atoms with Crippen LogP contribution < -0.4 is 10.1 Å². The highest BCUT2D eigenvalue weighted by Gasteiger charge is 2.33. The predicted molar refractivity (Wildman–Crippen MR) is 156 cm³/mol. The molecule has 0 unspecified atom stereocenters. The summed E-state index contributed by atoms with van der Waals surface area (Å²) in [5, 5.41) is 14.2. The second-order valence-electron chi connectivity index (χ2n) is 13.0. The van der Waals surface area contributed by atoms with Gasteiger partial charge in [-0.3, -0.25) is 4.79 Å². The molecule has 3 aromatic rings. The zero-order chi connectivity index (χ0) is 28.4. The van der Waals surface area contributed by atoms with Gasteiger partial charge in [-0.1, -0.05) is 85.4 Å². The number of hydrogen-bond acceptors (Lipinski definition) is 4. The predicted octanol–water partition coefficient (Wildman–Crippen LogP) is 7.68. The second kappa shape index (κ2) is 11.4. The number of rotatable bonds is 8. The van der Waals surface area contributed by atoms with Crippen LogP contribution in [0.5, 0.6) is 11.5 Å². The number of aryl methyl sites for hydroxylation is 1. The van der Waals surface area contributed by atoms with Crippen LogP contribution in [-0.4, -0.2) is 28.0 Å². The topological polar surface area (TPSA) is 88.5 Å². The molecule has 1 amide bonds. The first-order valence-electron chi connectivity index (χ1n) is 14.1. The summed E-state index contributed by atoms with van der Waals surface area (Å²) in [5.41, 5.74) is 1.77. The maximum absolute atomic E-state index is 13.2. The Morgan fingerprint density at radius 1 is 0.974 bits per heavy atom. The van der Waals surface area contributed by atoms with Gasteiger partial charge in [-0.15, -0.1) is 0 Å². The highest BCUT2D eigenvalue weighted by Crippen LogP contribution is 2.33. The molecule has 0 aliphatic heterocycles. The molecular weight excluding hydrogens is 488 g/mol. The van der Waals surface area contributed by atoms with Gasteiger partial charge in [-0.25, -0.2) is 9.78 Å². The molecule has 1 saturated carbocycles. The fourth-order valence-electron chi connectivity index (χ4n) is 5.32. The Balaban J connectivity index is 1.65. The van der Waals surface area contributed by atoms with Gasteiger partial charge in [0.25, 0.3) is 5.91 Å². The molecule has 1 aliphatic carbocycles. The molecule has 0 saturated heterocycles. The van der Waals surface area contributed by atoms with Crippen molar-refractivity contribution < 1.29 is 19.4 Å². The third-order valence-corrected chi connectivity index (χ3v) is 7.72. The third-order valence-electron chi connectivity index (χ3n) is 7.72. The van der Waals surface area contributed by atoms with Gasteiger partial charge in [0.1, 0.15) is 23.2 Å². The molecule has 1 heterocycles. The monoisotopic (exact) mass is 530 g/mol. The number of benzene rings is 2. The molecule has 6 nitrogen and oxygen atoms in total. The molecule has 0 spiro atoms. The number of nitrogens with one attached hydrogen (secondary N) is 1. The van der Waals surface area contributed by atoms with Crippen LogP contribution in [-0.2, 0) is 16.6 Å². The number of carbonyl (C=O) groups excluding carboxylic acids is 1. The van der Waals surface area contributed by atoms with Crippen LogP contribution in [0, 0.1) is 11.3 Å². The van der Waals surface area contributed by atoms with Crippen molar-refractivity contribution >= 4 is 22.6 Å². The minimum atomic E-state index is -1.06. The standard InChI is InChI=1S/C33H42N2O4/c1-32(2,3)23-13-16-24(17-14-23)39-25-15-12-22-19-28(30(36)35-29(31(37)38)33(4,5)6)34-27(26(22)20-25)18-11-21-9-7-8-10-21/h12-17,19-21,29H,7-11,18H2,1-6H3,(H,35,36)(H,37,38)/t29-/m1/s1. The Morgan fingerprint density at radius 3 is 2.21 bits per heavy atom. The summed E-state index contributed by atoms with van der Waals surface area (Å²) < 4.78 is 6.21. The Kier molecular flexibility index (Phi) is 8.34. The summed E-state index contributed by atoms with van der Waals surface area (Å²) in [6, 6.07) is 14.7. The van der Waals surface area contributed by atoms with E-state index in [1.807, 2.05) is 30.3 Å². The number of carboxylic acid groups (broad SMARTS) is 1. The fraction of sp³-hybridized carbons (Fsp3) is 0.485. The highest BCUT2D eigenvalue weighted by molar-refractivity contribution is 5.99. The Bertz CT molecular complexity index is 1330. The molecule has 1 atom stereocenters. The minimum Gasteiger partial charge on any atom is -0.480 e. The summed E-state index contributed by atoms with van der Waals surface area (Å²) in [4.78, 5) is 29.8. The zero-order valence-corrected chi connectivity index (χ0v) is 24.1. The first-order valence-corrected chi connectivity index (χ1v) is 14.1. The van der Waals surface area contributed by atoms with Crippen molar-refractivity contribution in [2.24, 2.45) is 11.3 Å². The van der Waals surface area contributed by atoms with E-state index in [-0.39, 0.29) is 11.1 Å². The van der Waals surface area contributed by atoms with Gasteiger partial charge in [0.05, 0.1) is 0 Å². The molecule has 4 rings (SSSR count). The first-order chi connectivity index (χ1) is 18.3. The summed E-state index contributed by atoms with van der Waals surface area (Å²) in [7, 11) is 0. The number of carboxylic acids is 1. The van der Waals surface area contributed by atoms with Crippen LogP contribution in [0.25, 0.3) is 10.8 Å². The summed E-state index contributed by atoms with van der Waals surface area (Å²) in [6.45, 7) is 11.9. The van der Waals surface area contributed by atoms with Gasteiger partial charge in [0.2, 0.25) is 0 Å². The third kappa shape index (κ3) is 7.17. The van der Waals surface area contributed by atoms with Crippen molar-refractivity contribution in [3.8, 4) is 11.5 Å². The van der Waals surface area contributed by atoms with Gasteiger partial charge >= 0.3 is 5.97 Å². The molecule has 1 fully saturated rings. The average Bonchev–Trinajstić information content (AvgIpc) is 3.38. The lowest BCUT2D eigenvalue weighted by Gasteiger charge is -2.27. The van der Waals surface area contributed by atoms with E-state index < -0.39 is 23.3 Å². The molecule has 2 aromatic carbocycles. The number of aliphatic carboxylic acids is 1. The van der Waals surface area contributed by atoms with Gasteiger partial charge in [0.15, 0.2) is 0 Å². The largest absolute Gasteiger partial charge is 0.480 e. The molecular formula is C33H42N2O4. The second-order valence-corrected chi connectivity index (χ2v) is 13.0. The van der Waals surface area contributed by atoms with Gasteiger partial charge in [-0.05, 0) is 70.9 Å². The van der Waals surface area contributed by atoms with E-state index in [0.29, 0.717) is 11.7 Å². The smallest absolute Gasteiger partial charge is 0.326 e. The van der Waals surface area contributed by atoms with Gasteiger partial charge in [-0.2, -0.15) is 0 Å². The number of carbonyl (C=O) groups is 2. The first kappa shape index (κ1) is 28.6. The van der Waals surface area contributed by atoms with E-state index in [2.05, 4.69) is 38.2 Å². The van der Waals surface area contributed by atoms with Crippen LogP contribution in [0.3, 0.4) is 0 Å². The van der Waals surface area contributed by atoms with Crippen LogP contribution in [0.15, 0.2) is 48.5 Å². The van der Waals surface area contributed by atoms with Crippen molar-refractivity contribution in [2.45, 2.75) is 91.5 Å². The Morgan fingerprint density at radius 2 is 1.62 bits per heavy atom. The summed E-state index contributed by atoms with van der Waals surface area (Å²) in [6.07, 6.45) is 6.80. The summed E-state index contributed by atoms with van der Waals surface area (Å²) in [5.74, 6) is 0.625. The molecule has 0 radical (unpaired) electrons. The lowest BCUT2D eigenvalue weighted by atomic mass is 9.86. The van der Waals surface area contributed by atoms with Crippen molar-refractivity contribution in [3.05, 3.63) is 65.5 Å². The van der Waals surface area contributed by atoms with E-state index in [4.69, 9.17) is 9.72 Å². The van der Waals surface area contributed by atoms with Crippen LogP contribution in [0.2, 0.25) is 0 Å². The van der Waals surface area contributed by atoms with Gasteiger partial charge < -0.3 is 15.2 Å². The number of aromatic nitrogens is 1. The van der Waals surface area contributed by atoms with E-state index in [1.165, 1.54) is 31.2 Å². The number of pyridine rings is 1. The van der Waals surface area contributed by atoms with Crippen LogP contribution in [0.4, 0.5) is 0 Å². The number of ether oxygens (including phenoxy) is 1. The molecule has 1 aliphatic rings. The Hall–Kier alpha value is -3.41. The van der Waals surface area contributed by atoms with E-state index >= 15 is 0 Å². The number of fused-ring (bicyclic) bond motifs is 1. The SMILES string of the molecule is CC(C)(C)c1ccc(Oc2ccc3cc(C(=O)N[C@H](C(=O)O)C(C)(C)C)nc(CCC4CCCC4)c3c2)cc1. The molecule has 208 valence electrons. The van der Waals surface area contributed by atoms with E-state index in [9.17, 15) is 14.7 Å². The van der Waals surface area contributed by atoms with E-state index in [1.54, 1.807) is 26.8 Å². The fourth-order valence-corrected chi connectivity index (χ4v) is 5.32. The van der Waals surface area contributed by atoms with Crippen molar-refractivity contribution in [3.63, 3.8) is 0 Å². The average molecular weight is 531 g/mol. The number of nitrogens with zero attached hydrogens (tertiary/aromatic N) is 1. The minimum absolute atomic E-state index is 0.0722. The van der Waals surface area contributed by atoms with Gasteiger partial charge in [0, 0.05) is 11.1 Å². The molecule has 39 heavy (non-hydrogen) atoms. The van der Waals surface area contributed by atoms with Crippen molar-refractivity contribution in [2.75, 3.05) is 0 Å². The highest BCUT2D eigenvalue weighted by atomic mass is 16.5. The van der Waals surface area contributed by atoms with E-state index in [0.717, 1.165) is 35.1 Å². The molecule has 2 N–H and O–H groups in total. The maximum atomic E-state index is 13.2. The lowest BCUT2D eigenvalue weighted by Crippen LogP contribution is -2.49. The normalized spacial score (nSPS) is 15.3. The summed E-state index contributed by atoms with van der Waals surface area (Å²) >= 11 is 0. The lowest BCUT2D eigenvalue weighted by molar-refractivity contribution is -0.142. The van der Waals surface area contributed by atoms with Crippen LogP contribution in [0.1, 0.15) is 95.4 Å².